The number of nitrogens with zero attached hydrogens (tertiary/aromatic N) is 5. The van der Waals surface area contributed by atoms with Gasteiger partial charge in [-0.3, -0.25) is 0 Å². The number of hydrogen-bond acceptors (Lipinski definition) is 4. The van der Waals surface area contributed by atoms with Gasteiger partial charge in [-0.15, -0.1) is 0 Å². The largest absolute Gasteiger partial charge is 0.240 e. The molecule has 0 aliphatic rings. The monoisotopic (exact) mass is 199 g/mol. The Morgan fingerprint density at radius 1 is 1.27 bits per heavy atom. The van der Waals surface area contributed by atoms with Crippen LogP contribution in [0.25, 0.3) is 5.82 Å². The molecule has 0 saturated heterocycles. The van der Waals surface area contributed by atoms with Crippen molar-refractivity contribution in [2.45, 2.75) is 13.8 Å². The van der Waals surface area contributed by atoms with Gasteiger partial charge in [0, 0.05) is 18.1 Å². The van der Waals surface area contributed by atoms with Crippen LogP contribution in [0.1, 0.15) is 17.1 Å². The fourth-order valence-corrected chi connectivity index (χ4v) is 1.41. The van der Waals surface area contributed by atoms with E-state index in [1.165, 1.54) is 6.20 Å². The number of aryl methyl sites for hydroxylation is 2. The van der Waals surface area contributed by atoms with Gasteiger partial charge in [0.05, 0.1) is 5.69 Å². The van der Waals surface area contributed by atoms with Gasteiger partial charge < -0.3 is 0 Å². The molecule has 0 aliphatic carbocycles. The third-order valence-electron chi connectivity index (χ3n) is 2.00. The maximum absolute atomic E-state index is 8.88. The maximum Gasteiger partial charge on any atom is 0.190 e. The molecule has 2 rings (SSSR count). The predicted molar refractivity (Wildman–Crippen MR) is 53.3 cm³/mol. The highest BCUT2D eigenvalue weighted by Crippen LogP contribution is 2.11. The standard InChI is InChI=1S/C10H9N5/c1-7-5-8(2)15(14-7)10-9(6-11)12-3-4-13-10/h3-5H,1-2H3. The van der Waals surface area contributed by atoms with Gasteiger partial charge in [0.2, 0.25) is 0 Å². The molecular formula is C10H9N5. The van der Waals surface area contributed by atoms with E-state index in [0.717, 1.165) is 11.4 Å². The van der Waals surface area contributed by atoms with Crippen LogP contribution in [-0.2, 0) is 0 Å². The highest BCUT2D eigenvalue weighted by atomic mass is 15.3. The van der Waals surface area contributed by atoms with E-state index in [0.29, 0.717) is 5.82 Å². The summed E-state index contributed by atoms with van der Waals surface area (Å²) in [5, 5.41) is 13.1. The second kappa shape index (κ2) is 3.50. The summed E-state index contributed by atoms with van der Waals surface area (Å²) in [6.45, 7) is 3.81. The minimum atomic E-state index is 0.281. The molecule has 2 aromatic heterocycles. The van der Waals surface area contributed by atoms with Crippen LogP contribution in [0, 0.1) is 25.2 Å². The third-order valence-corrected chi connectivity index (χ3v) is 2.00. The predicted octanol–water partition coefficient (Wildman–Crippen LogP) is 1.15. The lowest BCUT2D eigenvalue weighted by Gasteiger charge is -2.03. The van der Waals surface area contributed by atoms with E-state index in [4.69, 9.17) is 5.26 Å². The van der Waals surface area contributed by atoms with Gasteiger partial charge in [-0.25, -0.2) is 14.6 Å². The summed E-state index contributed by atoms with van der Waals surface area (Å²) in [5.74, 6) is 0.477. The van der Waals surface area contributed by atoms with Gasteiger partial charge in [-0.2, -0.15) is 10.4 Å². The first-order chi connectivity index (χ1) is 7.22. The van der Waals surface area contributed by atoms with Gasteiger partial charge in [0.1, 0.15) is 6.07 Å². The van der Waals surface area contributed by atoms with Crippen LogP contribution in [-0.4, -0.2) is 19.7 Å². The van der Waals surface area contributed by atoms with Crippen molar-refractivity contribution in [3.8, 4) is 11.9 Å². The SMILES string of the molecule is Cc1cc(C)n(-c2nccnc2C#N)n1. The molecule has 2 heterocycles. The Morgan fingerprint density at radius 2 is 2.00 bits per heavy atom. The molecule has 0 aliphatic heterocycles. The maximum atomic E-state index is 8.88. The van der Waals surface area contributed by atoms with Crippen LogP contribution in [0.2, 0.25) is 0 Å². The van der Waals surface area contributed by atoms with Crippen LogP contribution in [0.3, 0.4) is 0 Å². The third kappa shape index (κ3) is 1.57. The topological polar surface area (TPSA) is 67.4 Å². The van der Waals surface area contributed by atoms with Gasteiger partial charge in [0.15, 0.2) is 11.5 Å². The molecule has 0 bridgehead atoms. The van der Waals surface area contributed by atoms with E-state index >= 15 is 0 Å². The molecule has 15 heavy (non-hydrogen) atoms. The van der Waals surface area contributed by atoms with Gasteiger partial charge in [0.25, 0.3) is 0 Å². The van der Waals surface area contributed by atoms with Gasteiger partial charge in [-0.1, -0.05) is 0 Å². The second-order valence-corrected chi connectivity index (χ2v) is 3.18. The second-order valence-electron chi connectivity index (χ2n) is 3.18. The van der Waals surface area contributed by atoms with Crippen LogP contribution in [0.4, 0.5) is 0 Å². The minimum Gasteiger partial charge on any atom is -0.240 e. The highest BCUT2D eigenvalue weighted by Gasteiger charge is 2.10. The van der Waals surface area contributed by atoms with Gasteiger partial charge >= 0.3 is 0 Å². The lowest BCUT2D eigenvalue weighted by molar-refractivity contribution is 0.795. The van der Waals surface area contributed by atoms with Crippen molar-refractivity contribution in [2.24, 2.45) is 0 Å². The van der Waals surface area contributed by atoms with Crippen LogP contribution in [0.15, 0.2) is 18.5 Å². The Bertz CT molecular complexity index is 535. The first-order valence-electron chi connectivity index (χ1n) is 4.47. The molecule has 5 heteroatoms. The minimum absolute atomic E-state index is 0.281. The molecule has 0 radical (unpaired) electrons. The summed E-state index contributed by atoms with van der Waals surface area (Å²) in [4.78, 5) is 8.05. The molecule has 0 unspecified atom stereocenters. The molecule has 5 nitrogen and oxygen atoms in total. The zero-order valence-electron chi connectivity index (χ0n) is 8.47. The number of aromatic nitrogens is 4. The molecule has 0 amide bonds. The number of rotatable bonds is 1. The molecule has 0 N–H and O–H groups in total. The van der Waals surface area contributed by atoms with Crippen molar-refractivity contribution >= 4 is 0 Å². The Morgan fingerprint density at radius 3 is 2.60 bits per heavy atom. The summed E-state index contributed by atoms with van der Waals surface area (Å²) >= 11 is 0. The summed E-state index contributed by atoms with van der Waals surface area (Å²) in [6.07, 6.45) is 3.04. The van der Waals surface area contributed by atoms with Crippen molar-refractivity contribution in [1.82, 2.24) is 19.7 Å². The molecule has 74 valence electrons. The lowest BCUT2D eigenvalue weighted by Crippen LogP contribution is -2.05. The lowest BCUT2D eigenvalue weighted by atomic mass is 10.4. The van der Waals surface area contributed by atoms with E-state index in [9.17, 15) is 0 Å². The zero-order valence-corrected chi connectivity index (χ0v) is 8.47. The Hall–Kier alpha value is -2.22. The fraction of sp³-hybridized carbons (Fsp3) is 0.200. The van der Waals surface area contributed by atoms with E-state index in [1.807, 2.05) is 26.0 Å². The summed E-state index contributed by atoms with van der Waals surface area (Å²) in [6, 6.07) is 3.92. The van der Waals surface area contributed by atoms with E-state index in [1.54, 1.807) is 10.9 Å². The Balaban J connectivity index is 2.64. The Kier molecular flexibility index (Phi) is 2.18. The molecule has 0 fully saturated rings. The van der Waals surface area contributed by atoms with Crippen molar-refractivity contribution in [2.75, 3.05) is 0 Å². The average Bonchev–Trinajstić information content (AvgIpc) is 2.57. The summed E-state index contributed by atoms with van der Waals surface area (Å²) < 4.78 is 1.63. The van der Waals surface area contributed by atoms with Crippen molar-refractivity contribution in [3.05, 3.63) is 35.5 Å². The van der Waals surface area contributed by atoms with Crippen molar-refractivity contribution in [1.29, 1.82) is 5.26 Å². The van der Waals surface area contributed by atoms with E-state index < -0.39 is 0 Å². The number of nitriles is 1. The first-order valence-corrected chi connectivity index (χ1v) is 4.47. The summed E-state index contributed by atoms with van der Waals surface area (Å²) in [7, 11) is 0. The molecule has 0 atom stereocenters. The smallest absolute Gasteiger partial charge is 0.190 e. The van der Waals surface area contributed by atoms with Crippen molar-refractivity contribution < 1.29 is 0 Å². The fourth-order valence-electron chi connectivity index (χ4n) is 1.41. The van der Waals surface area contributed by atoms with Crippen LogP contribution >= 0.6 is 0 Å². The molecule has 2 aromatic rings. The quantitative estimate of drug-likeness (QED) is 0.691. The molecule has 0 saturated carbocycles. The normalized spacial score (nSPS) is 9.93. The molecule has 0 spiro atoms. The van der Waals surface area contributed by atoms with E-state index in [-0.39, 0.29) is 5.69 Å². The number of hydrogen-bond donors (Lipinski definition) is 0. The first kappa shape index (κ1) is 9.34. The molecular weight excluding hydrogens is 190 g/mol. The zero-order chi connectivity index (χ0) is 10.8. The highest BCUT2D eigenvalue weighted by molar-refractivity contribution is 5.38. The summed E-state index contributed by atoms with van der Waals surface area (Å²) in [5.41, 5.74) is 2.11. The van der Waals surface area contributed by atoms with Gasteiger partial charge in [-0.05, 0) is 19.9 Å². The van der Waals surface area contributed by atoms with E-state index in [2.05, 4.69) is 15.1 Å². The molecule has 0 aromatic carbocycles. The average molecular weight is 199 g/mol. The van der Waals surface area contributed by atoms with Crippen LogP contribution < -0.4 is 0 Å². The van der Waals surface area contributed by atoms with Crippen molar-refractivity contribution in [3.63, 3.8) is 0 Å². The Labute approximate surface area is 87.0 Å². The van der Waals surface area contributed by atoms with Crippen LogP contribution in [0.5, 0.6) is 0 Å².